The number of hydrogen-bond donors (Lipinski definition) is 2. The lowest BCUT2D eigenvalue weighted by Gasteiger charge is -2.13. The van der Waals surface area contributed by atoms with Gasteiger partial charge in [-0.15, -0.1) is 0 Å². The molecule has 0 bridgehead atoms. The molecule has 6 heteroatoms. The number of imide groups is 1. The Hall–Kier alpha value is -1.75. The Labute approximate surface area is 97.4 Å². The lowest BCUT2D eigenvalue weighted by molar-refractivity contribution is 0.207. The van der Waals surface area contributed by atoms with E-state index in [4.69, 9.17) is 11.6 Å². The molecule has 5 nitrogen and oxygen atoms in total. The Morgan fingerprint density at radius 3 is 2.94 bits per heavy atom. The fourth-order valence-corrected chi connectivity index (χ4v) is 1.61. The normalized spacial score (nSPS) is 14.8. The SMILES string of the molecule is O=C1NCCN1C(=O)Nc1cccc(Cl)c1. The van der Waals surface area contributed by atoms with E-state index in [-0.39, 0.29) is 6.03 Å². The standard InChI is InChI=1S/C10H10ClN3O2/c11-7-2-1-3-8(6-7)13-10(16)14-5-4-12-9(14)15/h1-3,6H,4-5H2,(H,12,15)(H,13,16). The first-order valence-corrected chi connectivity index (χ1v) is 5.16. The molecule has 1 heterocycles. The summed E-state index contributed by atoms with van der Waals surface area (Å²) >= 11 is 5.77. The molecule has 1 fully saturated rings. The molecule has 4 amide bonds. The highest BCUT2D eigenvalue weighted by Gasteiger charge is 2.25. The zero-order valence-corrected chi connectivity index (χ0v) is 9.12. The molecular weight excluding hydrogens is 230 g/mol. The minimum Gasteiger partial charge on any atom is -0.336 e. The topological polar surface area (TPSA) is 61.4 Å². The van der Waals surface area contributed by atoms with Crippen LogP contribution in [0.5, 0.6) is 0 Å². The van der Waals surface area contributed by atoms with Crippen molar-refractivity contribution in [3.8, 4) is 0 Å². The molecule has 1 aliphatic rings. The summed E-state index contributed by atoms with van der Waals surface area (Å²) in [4.78, 5) is 24.0. The first-order chi connectivity index (χ1) is 7.66. The van der Waals surface area contributed by atoms with Crippen LogP contribution < -0.4 is 10.6 Å². The van der Waals surface area contributed by atoms with Crippen LogP contribution in [0.15, 0.2) is 24.3 Å². The van der Waals surface area contributed by atoms with Crippen molar-refractivity contribution in [1.82, 2.24) is 10.2 Å². The van der Waals surface area contributed by atoms with E-state index in [1.165, 1.54) is 0 Å². The summed E-state index contributed by atoms with van der Waals surface area (Å²) in [6.07, 6.45) is 0. The highest BCUT2D eigenvalue weighted by molar-refractivity contribution is 6.30. The van der Waals surface area contributed by atoms with Gasteiger partial charge in [0.25, 0.3) is 0 Å². The van der Waals surface area contributed by atoms with Crippen molar-refractivity contribution in [2.75, 3.05) is 18.4 Å². The molecule has 0 spiro atoms. The van der Waals surface area contributed by atoms with Crippen molar-refractivity contribution < 1.29 is 9.59 Å². The third-order valence-electron chi connectivity index (χ3n) is 2.18. The highest BCUT2D eigenvalue weighted by Crippen LogP contribution is 2.15. The van der Waals surface area contributed by atoms with E-state index < -0.39 is 6.03 Å². The number of urea groups is 2. The van der Waals surface area contributed by atoms with Crippen molar-refractivity contribution in [2.24, 2.45) is 0 Å². The summed E-state index contributed by atoms with van der Waals surface area (Å²) in [5.41, 5.74) is 0.567. The molecule has 1 aromatic rings. The molecule has 0 atom stereocenters. The van der Waals surface area contributed by atoms with Crippen LogP contribution in [-0.4, -0.2) is 30.1 Å². The molecule has 1 aromatic carbocycles. The van der Waals surface area contributed by atoms with E-state index in [2.05, 4.69) is 10.6 Å². The van der Waals surface area contributed by atoms with E-state index in [1.54, 1.807) is 24.3 Å². The predicted molar refractivity (Wildman–Crippen MR) is 60.6 cm³/mol. The molecule has 16 heavy (non-hydrogen) atoms. The average Bonchev–Trinajstić information content (AvgIpc) is 2.64. The second-order valence-electron chi connectivity index (χ2n) is 3.32. The van der Waals surface area contributed by atoms with Crippen molar-refractivity contribution in [1.29, 1.82) is 0 Å². The zero-order valence-electron chi connectivity index (χ0n) is 8.37. The summed E-state index contributed by atoms with van der Waals surface area (Å²) in [7, 11) is 0. The van der Waals surface area contributed by atoms with E-state index >= 15 is 0 Å². The van der Waals surface area contributed by atoms with Gasteiger partial charge in [-0.05, 0) is 18.2 Å². The smallest absolute Gasteiger partial charge is 0.330 e. The van der Waals surface area contributed by atoms with Crippen LogP contribution in [0.4, 0.5) is 15.3 Å². The first-order valence-electron chi connectivity index (χ1n) is 4.79. The van der Waals surface area contributed by atoms with Crippen LogP contribution in [0.2, 0.25) is 5.02 Å². The predicted octanol–water partition coefficient (Wildman–Crippen LogP) is 1.90. The molecule has 1 saturated heterocycles. The monoisotopic (exact) mass is 239 g/mol. The Morgan fingerprint density at radius 1 is 1.50 bits per heavy atom. The third-order valence-corrected chi connectivity index (χ3v) is 2.41. The summed E-state index contributed by atoms with van der Waals surface area (Å²) in [6, 6.07) is 5.93. The molecule has 0 aliphatic carbocycles. The Morgan fingerprint density at radius 2 is 2.31 bits per heavy atom. The maximum Gasteiger partial charge on any atom is 0.330 e. The van der Waals surface area contributed by atoms with Crippen molar-refractivity contribution in [3.05, 3.63) is 29.3 Å². The van der Waals surface area contributed by atoms with Crippen LogP contribution in [0.3, 0.4) is 0 Å². The largest absolute Gasteiger partial charge is 0.336 e. The number of halogens is 1. The first kappa shape index (κ1) is 10.8. The van der Waals surface area contributed by atoms with Gasteiger partial charge in [-0.2, -0.15) is 0 Å². The molecule has 2 N–H and O–H groups in total. The molecule has 0 radical (unpaired) electrons. The summed E-state index contributed by atoms with van der Waals surface area (Å²) < 4.78 is 0. The minimum atomic E-state index is -0.447. The molecule has 2 rings (SSSR count). The third kappa shape index (κ3) is 2.25. The quantitative estimate of drug-likeness (QED) is 0.786. The van der Waals surface area contributed by atoms with Gasteiger partial charge >= 0.3 is 12.1 Å². The number of amides is 4. The van der Waals surface area contributed by atoms with Gasteiger partial charge in [0, 0.05) is 23.8 Å². The van der Waals surface area contributed by atoms with Crippen LogP contribution in [0.25, 0.3) is 0 Å². The number of nitrogens with zero attached hydrogens (tertiary/aromatic N) is 1. The zero-order chi connectivity index (χ0) is 11.5. The lowest BCUT2D eigenvalue weighted by Crippen LogP contribution is -2.37. The molecule has 1 aliphatic heterocycles. The molecule has 84 valence electrons. The lowest BCUT2D eigenvalue weighted by atomic mass is 10.3. The van der Waals surface area contributed by atoms with Gasteiger partial charge in [-0.1, -0.05) is 17.7 Å². The number of carbonyl (C=O) groups is 2. The number of anilines is 1. The van der Waals surface area contributed by atoms with E-state index in [9.17, 15) is 9.59 Å². The van der Waals surface area contributed by atoms with Crippen LogP contribution in [0.1, 0.15) is 0 Å². The number of hydrogen-bond acceptors (Lipinski definition) is 2. The van der Waals surface area contributed by atoms with Gasteiger partial charge in [0.15, 0.2) is 0 Å². The number of nitrogens with one attached hydrogen (secondary N) is 2. The van der Waals surface area contributed by atoms with Gasteiger partial charge in [-0.25, -0.2) is 14.5 Å². The van der Waals surface area contributed by atoms with Gasteiger partial charge in [-0.3, -0.25) is 0 Å². The Kier molecular flexibility index (Phi) is 2.96. The summed E-state index contributed by atoms with van der Waals surface area (Å²) in [6.45, 7) is 0.868. The number of benzene rings is 1. The maximum absolute atomic E-state index is 11.6. The van der Waals surface area contributed by atoms with Crippen molar-refractivity contribution >= 4 is 29.4 Å². The molecule has 0 unspecified atom stereocenters. The highest BCUT2D eigenvalue weighted by atomic mass is 35.5. The number of carbonyl (C=O) groups excluding carboxylic acids is 2. The fraction of sp³-hybridized carbons (Fsp3) is 0.200. The van der Waals surface area contributed by atoms with Crippen molar-refractivity contribution in [3.63, 3.8) is 0 Å². The van der Waals surface area contributed by atoms with E-state index in [0.717, 1.165) is 4.90 Å². The average molecular weight is 240 g/mol. The van der Waals surface area contributed by atoms with Gasteiger partial charge in [0.1, 0.15) is 0 Å². The summed E-state index contributed by atoms with van der Waals surface area (Å²) in [5.74, 6) is 0. The van der Waals surface area contributed by atoms with Crippen LogP contribution in [0, 0.1) is 0 Å². The van der Waals surface area contributed by atoms with E-state index in [1.807, 2.05) is 0 Å². The summed E-state index contributed by atoms with van der Waals surface area (Å²) in [5, 5.41) is 5.68. The Balaban J connectivity index is 2.04. The second-order valence-corrected chi connectivity index (χ2v) is 3.76. The minimum absolute atomic E-state index is 0.375. The fourth-order valence-electron chi connectivity index (χ4n) is 1.42. The van der Waals surface area contributed by atoms with Gasteiger partial charge in [0.05, 0.1) is 0 Å². The van der Waals surface area contributed by atoms with Crippen LogP contribution >= 0.6 is 11.6 Å². The van der Waals surface area contributed by atoms with Gasteiger partial charge < -0.3 is 10.6 Å². The Bertz CT molecular complexity index is 436. The maximum atomic E-state index is 11.6. The van der Waals surface area contributed by atoms with Crippen LogP contribution in [-0.2, 0) is 0 Å². The van der Waals surface area contributed by atoms with Crippen molar-refractivity contribution in [2.45, 2.75) is 0 Å². The second kappa shape index (κ2) is 4.40. The number of rotatable bonds is 1. The molecular formula is C10H10ClN3O2. The molecule has 0 aromatic heterocycles. The molecule has 0 saturated carbocycles. The van der Waals surface area contributed by atoms with E-state index in [0.29, 0.717) is 23.8 Å². The van der Waals surface area contributed by atoms with Gasteiger partial charge in [0.2, 0.25) is 0 Å².